The second kappa shape index (κ2) is 5.31. The highest BCUT2D eigenvalue weighted by Crippen LogP contribution is 2.33. The number of benzene rings is 2. The third-order valence-electron chi connectivity index (χ3n) is 3.27. The van der Waals surface area contributed by atoms with Crippen LogP contribution in [0.4, 0.5) is 8.78 Å². The average molecular weight is 289 g/mol. The van der Waals surface area contributed by atoms with Gasteiger partial charge in [-0.05, 0) is 54.4 Å². The molecule has 0 fully saturated rings. The summed E-state index contributed by atoms with van der Waals surface area (Å²) in [5, 5.41) is 4.12. The molecule has 0 aliphatic heterocycles. The van der Waals surface area contributed by atoms with Crippen LogP contribution in [0.3, 0.4) is 0 Å². The Morgan fingerprint density at radius 2 is 1.65 bits per heavy atom. The summed E-state index contributed by atoms with van der Waals surface area (Å²) in [7, 11) is 1.86. The number of hydrogen-bond acceptors (Lipinski definition) is 2. The van der Waals surface area contributed by atoms with E-state index in [0.717, 1.165) is 20.5 Å². The van der Waals surface area contributed by atoms with Crippen molar-refractivity contribution in [3.63, 3.8) is 0 Å². The van der Waals surface area contributed by atoms with Gasteiger partial charge in [0, 0.05) is 9.58 Å². The van der Waals surface area contributed by atoms with Crippen molar-refractivity contribution in [2.75, 3.05) is 7.05 Å². The average Bonchev–Trinajstić information content (AvgIpc) is 2.84. The van der Waals surface area contributed by atoms with Crippen molar-refractivity contribution in [2.45, 2.75) is 6.04 Å². The Kier molecular flexibility index (Phi) is 3.51. The molecule has 0 saturated carbocycles. The number of thiophene rings is 1. The van der Waals surface area contributed by atoms with Gasteiger partial charge in [-0.25, -0.2) is 8.78 Å². The predicted molar refractivity (Wildman–Crippen MR) is 79.1 cm³/mol. The summed E-state index contributed by atoms with van der Waals surface area (Å²) < 4.78 is 27.3. The van der Waals surface area contributed by atoms with Crippen LogP contribution < -0.4 is 5.32 Å². The van der Waals surface area contributed by atoms with Crippen molar-refractivity contribution in [3.8, 4) is 0 Å². The molecule has 1 aromatic heterocycles. The minimum absolute atomic E-state index is 0.0175. The lowest BCUT2D eigenvalue weighted by Gasteiger charge is -2.14. The molecule has 0 amide bonds. The Morgan fingerprint density at radius 1 is 0.950 bits per heavy atom. The van der Waals surface area contributed by atoms with Crippen molar-refractivity contribution < 1.29 is 8.78 Å². The van der Waals surface area contributed by atoms with E-state index < -0.39 is 0 Å². The third kappa shape index (κ3) is 2.44. The maximum atomic E-state index is 13.2. The standard InChI is InChI=1S/C16H13F2NS/c1-19-16(10-2-4-12(17)5-3-10)15-9-11-8-13(18)6-7-14(11)20-15/h2-9,16,19H,1H3. The van der Waals surface area contributed by atoms with Crippen LogP contribution in [0.25, 0.3) is 10.1 Å². The Balaban J connectivity index is 2.04. The van der Waals surface area contributed by atoms with Crippen LogP contribution in [-0.4, -0.2) is 7.05 Å². The summed E-state index contributed by atoms with van der Waals surface area (Å²) in [6, 6.07) is 13.2. The molecule has 0 bridgehead atoms. The Hall–Kier alpha value is -1.78. The molecule has 0 aliphatic rings. The molecule has 0 aliphatic carbocycles. The van der Waals surface area contributed by atoms with Crippen molar-refractivity contribution in [1.82, 2.24) is 5.32 Å². The van der Waals surface area contributed by atoms with E-state index in [9.17, 15) is 8.78 Å². The molecular formula is C16H13F2NS. The van der Waals surface area contributed by atoms with E-state index in [1.807, 2.05) is 13.1 Å². The first-order chi connectivity index (χ1) is 9.67. The van der Waals surface area contributed by atoms with Gasteiger partial charge in [-0.2, -0.15) is 0 Å². The fraction of sp³-hybridized carbons (Fsp3) is 0.125. The molecule has 1 nitrogen and oxygen atoms in total. The van der Waals surface area contributed by atoms with Crippen LogP contribution in [-0.2, 0) is 0 Å². The van der Waals surface area contributed by atoms with Gasteiger partial charge in [0.2, 0.25) is 0 Å². The topological polar surface area (TPSA) is 12.0 Å². The molecule has 1 N–H and O–H groups in total. The van der Waals surface area contributed by atoms with E-state index in [4.69, 9.17) is 0 Å². The molecule has 3 aromatic rings. The highest BCUT2D eigenvalue weighted by atomic mass is 32.1. The van der Waals surface area contributed by atoms with Crippen molar-refractivity contribution >= 4 is 21.4 Å². The molecule has 1 heterocycles. The number of rotatable bonds is 3. The Labute approximate surface area is 119 Å². The van der Waals surface area contributed by atoms with Gasteiger partial charge in [0.25, 0.3) is 0 Å². The molecular weight excluding hydrogens is 276 g/mol. The highest BCUT2D eigenvalue weighted by molar-refractivity contribution is 7.19. The van der Waals surface area contributed by atoms with Crippen molar-refractivity contribution in [3.05, 3.63) is 70.6 Å². The third-order valence-corrected chi connectivity index (χ3v) is 4.45. The maximum absolute atomic E-state index is 13.2. The zero-order valence-corrected chi connectivity index (χ0v) is 11.7. The van der Waals surface area contributed by atoms with Crippen LogP contribution in [0.15, 0.2) is 48.5 Å². The quantitative estimate of drug-likeness (QED) is 0.749. The molecule has 0 spiro atoms. The van der Waals surface area contributed by atoms with Crippen LogP contribution in [0, 0.1) is 11.6 Å². The fourth-order valence-corrected chi connectivity index (χ4v) is 3.49. The lowest BCUT2D eigenvalue weighted by atomic mass is 10.1. The fourth-order valence-electron chi connectivity index (χ4n) is 2.31. The molecule has 20 heavy (non-hydrogen) atoms. The number of fused-ring (bicyclic) bond motifs is 1. The first-order valence-electron chi connectivity index (χ1n) is 6.29. The number of hydrogen-bond donors (Lipinski definition) is 1. The first-order valence-corrected chi connectivity index (χ1v) is 7.11. The maximum Gasteiger partial charge on any atom is 0.123 e. The second-order valence-electron chi connectivity index (χ2n) is 4.60. The molecule has 0 saturated heterocycles. The minimum atomic E-state index is -0.248. The second-order valence-corrected chi connectivity index (χ2v) is 5.72. The van der Waals surface area contributed by atoms with E-state index in [1.54, 1.807) is 29.5 Å². The molecule has 2 aromatic carbocycles. The highest BCUT2D eigenvalue weighted by Gasteiger charge is 2.15. The number of nitrogens with one attached hydrogen (secondary N) is 1. The molecule has 3 rings (SSSR count). The van der Waals surface area contributed by atoms with Crippen molar-refractivity contribution in [1.29, 1.82) is 0 Å². The Bertz CT molecular complexity index is 734. The predicted octanol–water partition coefficient (Wildman–Crippen LogP) is 4.49. The molecule has 0 radical (unpaired) electrons. The monoisotopic (exact) mass is 289 g/mol. The summed E-state index contributed by atoms with van der Waals surface area (Å²) in [5.74, 6) is -0.480. The zero-order valence-electron chi connectivity index (χ0n) is 10.9. The Morgan fingerprint density at radius 3 is 2.35 bits per heavy atom. The van der Waals surface area contributed by atoms with Gasteiger partial charge in [0.1, 0.15) is 11.6 Å². The van der Waals surface area contributed by atoms with Gasteiger partial charge in [-0.3, -0.25) is 0 Å². The zero-order chi connectivity index (χ0) is 14.1. The van der Waals surface area contributed by atoms with Gasteiger partial charge < -0.3 is 5.32 Å². The smallest absolute Gasteiger partial charge is 0.123 e. The van der Waals surface area contributed by atoms with Crippen LogP contribution in [0.2, 0.25) is 0 Å². The van der Waals surface area contributed by atoms with Crippen LogP contribution in [0.1, 0.15) is 16.5 Å². The molecule has 102 valence electrons. The summed E-state index contributed by atoms with van der Waals surface area (Å²) in [6.07, 6.45) is 0. The van der Waals surface area contributed by atoms with Gasteiger partial charge in [0.15, 0.2) is 0 Å². The van der Waals surface area contributed by atoms with E-state index in [1.165, 1.54) is 24.3 Å². The van der Waals surface area contributed by atoms with E-state index >= 15 is 0 Å². The normalized spacial score (nSPS) is 12.8. The van der Waals surface area contributed by atoms with E-state index in [0.29, 0.717) is 0 Å². The summed E-state index contributed by atoms with van der Waals surface area (Å²) in [4.78, 5) is 1.08. The molecule has 1 atom stereocenters. The molecule has 4 heteroatoms. The molecule has 1 unspecified atom stereocenters. The summed E-state index contributed by atoms with van der Waals surface area (Å²) >= 11 is 1.61. The lowest BCUT2D eigenvalue weighted by Crippen LogP contribution is -2.16. The minimum Gasteiger partial charge on any atom is -0.309 e. The van der Waals surface area contributed by atoms with Crippen molar-refractivity contribution in [2.24, 2.45) is 0 Å². The van der Waals surface area contributed by atoms with Gasteiger partial charge in [0.05, 0.1) is 6.04 Å². The van der Waals surface area contributed by atoms with Gasteiger partial charge >= 0.3 is 0 Å². The first kappa shape index (κ1) is 13.2. The largest absolute Gasteiger partial charge is 0.309 e. The summed E-state index contributed by atoms with van der Waals surface area (Å²) in [6.45, 7) is 0. The van der Waals surface area contributed by atoms with E-state index in [-0.39, 0.29) is 17.7 Å². The number of halogens is 2. The SMILES string of the molecule is CNC(c1ccc(F)cc1)c1cc2cc(F)ccc2s1. The van der Waals surface area contributed by atoms with Crippen LogP contribution >= 0.6 is 11.3 Å². The van der Waals surface area contributed by atoms with Crippen LogP contribution in [0.5, 0.6) is 0 Å². The van der Waals surface area contributed by atoms with Gasteiger partial charge in [-0.1, -0.05) is 12.1 Å². The van der Waals surface area contributed by atoms with E-state index in [2.05, 4.69) is 5.32 Å². The van der Waals surface area contributed by atoms with Gasteiger partial charge in [-0.15, -0.1) is 11.3 Å². The summed E-state index contributed by atoms with van der Waals surface area (Å²) in [5.41, 5.74) is 0.987. The lowest BCUT2D eigenvalue weighted by molar-refractivity contribution is 0.624.